The molecule has 3 rings (SSSR count). The third kappa shape index (κ3) is 1.08. The zero-order valence-electron chi connectivity index (χ0n) is 7.27. The Labute approximate surface area is 72.0 Å². The van der Waals surface area contributed by atoms with Gasteiger partial charge in [-0.1, -0.05) is 6.92 Å². The molecular weight excluding hydrogens is 156 g/mol. The molecule has 3 fully saturated rings. The Morgan fingerprint density at radius 3 is 1.50 bits per heavy atom. The van der Waals surface area contributed by atoms with Gasteiger partial charge in [0.25, 0.3) is 0 Å². The molecule has 2 bridgehead atoms. The summed E-state index contributed by atoms with van der Waals surface area (Å²) in [7, 11) is 0. The summed E-state index contributed by atoms with van der Waals surface area (Å²) in [6.07, 6.45) is 0.649. The molecule has 3 saturated carbocycles. The van der Waals surface area contributed by atoms with Crippen molar-refractivity contribution in [2.75, 3.05) is 0 Å². The van der Waals surface area contributed by atoms with E-state index in [1.807, 2.05) is 6.92 Å². The number of aliphatic hydroxyl groups is 3. The molecule has 3 unspecified atom stereocenters. The Morgan fingerprint density at radius 1 is 0.917 bits per heavy atom. The minimum atomic E-state index is -0.512. The topological polar surface area (TPSA) is 60.7 Å². The average Bonchev–Trinajstić information content (AvgIpc) is 1.79. The Morgan fingerprint density at radius 2 is 1.25 bits per heavy atom. The molecule has 0 aromatic rings. The fraction of sp³-hybridized carbons (Fsp3) is 1.00. The maximum absolute atomic E-state index is 9.59. The predicted molar refractivity (Wildman–Crippen MR) is 43.5 cm³/mol. The third-order valence-electron chi connectivity index (χ3n) is 3.44. The van der Waals surface area contributed by atoms with Crippen LogP contribution in [0, 0.1) is 11.3 Å². The van der Waals surface area contributed by atoms with Crippen molar-refractivity contribution < 1.29 is 15.3 Å². The van der Waals surface area contributed by atoms with Gasteiger partial charge < -0.3 is 15.3 Å². The molecule has 3 nitrogen and oxygen atoms in total. The highest BCUT2D eigenvalue weighted by atomic mass is 16.3. The first-order valence-corrected chi connectivity index (χ1v) is 4.56. The lowest BCUT2D eigenvalue weighted by molar-refractivity contribution is -0.171. The molecule has 12 heavy (non-hydrogen) atoms. The zero-order chi connectivity index (χ0) is 8.93. The normalized spacial score (nSPS) is 59.0. The van der Waals surface area contributed by atoms with Crippen LogP contribution in [0.4, 0.5) is 0 Å². The molecule has 0 aromatic heterocycles. The summed E-state index contributed by atoms with van der Waals surface area (Å²) in [5, 5.41) is 28.8. The second kappa shape index (κ2) is 2.44. The van der Waals surface area contributed by atoms with Gasteiger partial charge in [0.1, 0.15) is 0 Å². The lowest BCUT2D eigenvalue weighted by atomic mass is 9.58. The van der Waals surface area contributed by atoms with Crippen molar-refractivity contribution in [1.29, 1.82) is 0 Å². The molecule has 3 atom stereocenters. The average molecular weight is 172 g/mol. The molecule has 0 saturated heterocycles. The molecule has 3 aliphatic carbocycles. The Kier molecular flexibility index (Phi) is 1.72. The first kappa shape index (κ1) is 8.48. The molecule has 3 N–H and O–H groups in total. The SMILES string of the molecule is CC12CC(O)C(C(O)C1)C(O)C2. The quantitative estimate of drug-likeness (QED) is 0.478. The van der Waals surface area contributed by atoms with E-state index in [2.05, 4.69) is 0 Å². The van der Waals surface area contributed by atoms with Gasteiger partial charge in [0.2, 0.25) is 0 Å². The van der Waals surface area contributed by atoms with E-state index in [9.17, 15) is 15.3 Å². The predicted octanol–water partition coefficient (Wildman–Crippen LogP) is -0.111. The molecule has 0 radical (unpaired) electrons. The van der Waals surface area contributed by atoms with Crippen LogP contribution in [-0.2, 0) is 0 Å². The van der Waals surface area contributed by atoms with Crippen LogP contribution >= 0.6 is 0 Å². The van der Waals surface area contributed by atoms with Gasteiger partial charge >= 0.3 is 0 Å². The lowest BCUT2D eigenvalue weighted by Gasteiger charge is -2.52. The molecule has 3 heteroatoms. The summed E-state index contributed by atoms with van der Waals surface area (Å²) in [5.41, 5.74) is -0.0486. The fourth-order valence-electron chi connectivity index (χ4n) is 2.94. The van der Waals surface area contributed by atoms with Crippen LogP contribution in [0.3, 0.4) is 0 Å². The molecule has 70 valence electrons. The van der Waals surface area contributed by atoms with Crippen LogP contribution in [0.2, 0.25) is 0 Å². The smallest absolute Gasteiger partial charge is 0.0623 e. The van der Waals surface area contributed by atoms with Gasteiger partial charge in [0.05, 0.1) is 18.3 Å². The van der Waals surface area contributed by atoms with Crippen LogP contribution in [0.25, 0.3) is 0 Å². The van der Waals surface area contributed by atoms with Crippen LogP contribution in [0.15, 0.2) is 0 Å². The summed E-state index contributed by atoms with van der Waals surface area (Å²) in [6, 6.07) is 0. The van der Waals surface area contributed by atoms with Gasteiger partial charge in [-0.2, -0.15) is 0 Å². The molecule has 0 heterocycles. The molecule has 0 amide bonds. The van der Waals surface area contributed by atoms with Crippen LogP contribution < -0.4 is 0 Å². The van der Waals surface area contributed by atoms with Crippen molar-refractivity contribution in [3.8, 4) is 0 Å². The van der Waals surface area contributed by atoms with Crippen LogP contribution in [-0.4, -0.2) is 33.6 Å². The maximum atomic E-state index is 9.59. The van der Waals surface area contributed by atoms with Gasteiger partial charge in [-0.15, -0.1) is 0 Å². The largest absolute Gasteiger partial charge is 0.393 e. The Hall–Kier alpha value is -0.120. The Balaban J connectivity index is 2.25. The van der Waals surface area contributed by atoms with Crippen molar-refractivity contribution in [2.45, 2.75) is 44.5 Å². The molecule has 3 aliphatic rings. The highest BCUT2D eigenvalue weighted by molar-refractivity contribution is 5.02. The van der Waals surface area contributed by atoms with Crippen molar-refractivity contribution in [3.05, 3.63) is 0 Å². The number of hydrogen-bond donors (Lipinski definition) is 3. The minimum Gasteiger partial charge on any atom is -0.393 e. The minimum absolute atomic E-state index is 0.0486. The van der Waals surface area contributed by atoms with E-state index < -0.39 is 18.3 Å². The molecular formula is C9H16O3. The van der Waals surface area contributed by atoms with Crippen molar-refractivity contribution >= 4 is 0 Å². The van der Waals surface area contributed by atoms with E-state index in [0.29, 0.717) is 0 Å². The van der Waals surface area contributed by atoms with Crippen molar-refractivity contribution in [2.24, 2.45) is 11.3 Å². The van der Waals surface area contributed by atoms with E-state index in [4.69, 9.17) is 0 Å². The van der Waals surface area contributed by atoms with E-state index in [1.54, 1.807) is 0 Å². The summed E-state index contributed by atoms with van der Waals surface area (Å²) < 4.78 is 0. The molecule has 0 spiro atoms. The number of hydrogen-bond acceptors (Lipinski definition) is 3. The molecule has 0 aliphatic heterocycles. The van der Waals surface area contributed by atoms with Crippen molar-refractivity contribution in [3.63, 3.8) is 0 Å². The van der Waals surface area contributed by atoms with Gasteiger partial charge in [-0.3, -0.25) is 0 Å². The standard InChI is InChI=1S/C9H16O3/c1-9-2-5(10)8(6(11)3-9)7(12)4-9/h5-8,10-12H,2-4H2,1H3. The van der Waals surface area contributed by atoms with Crippen molar-refractivity contribution in [1.82, 2.24) is 0 Å². The third-order valence-corrected chi connectivity index (χ3v) is 3.44. The van der Waals surface area contributed by atoms with Crippen LogP contribution in [0.5, 0.6) is 0 Å². The lowest BCUT2D eigenvalue weighted by Crippen LogP contribution is -2.56. The van der Waals surface area contributed by atoms with Gasteiger partial charge in [-0.05, 0) is 24.7 Å². The summed E-state index contributed by atoms with van der Waals surface area (Å²) in [4.78, 5) is 0. The van der Waals surface area contributed by atoms with Gasteiger partial charge in [0.15, 0.2) is 0 Å². The first-order valence-electron chi connectivity index (χ1n) is 4.56. The zero-order valence-corrected chi connectivity index (χ0v) is 7.27. The van der Waals surface area contributed by atoms with E-state index in [1.165, 1.54) is 0 Å². The maximum Gasteiger partial charge on any atom is 0.0623 e. The van der Waals surface area contributed by atoms with E-state index in [-0.39, 0.29) is 11.3 Å². The summed E-state index contributed by atoms with van der Waals surface area (Å²) in [6.45, 7) is 2.03. The first-order chi connectivity index (χ1) is 5.52. The number of aliphatic hydroxyl groups excluding tert-OH is 3. The summed E-state index contributed by atoms with van der Waals surface area (Å²) >= 11 is 0. The number of rotatable bonds is 0. The molecule has 0 aromatic carbocycles. The van der Waals surface area contributed by atoms with Gasteiger partial charge in [-0.25, -0.2) is 0 Å². The monoisotopic (exact) mass is 172 g/mol. The van der Waals surface area contributed by atoms with Crippen LogP contribution in [0.1, 0.15) is 26.2 Å². The van der Waals surface area contributed by atoms with Gasteiger partial charge in [0, 0.05) is 5.92 Å². The second-order valence-corrected chi connectivity index (χ2v) is 4.70. The van der Waals surface area contributed by atoms with E-state index >= 15 is 0 Å². The summed E-state index contributed by atoms with van der Waals surface area (Å²) in [5.74, 6) is -0.299. The second-order valence-electron chi connectivity index (χ2n) is 4.70. The highest BCUT2D eigenvalue weighted by Crippen LogP contribution is 2.49. The fourth-order valence-corrected chi connectivity index (χ4v) is 2.94. The Bertz CT molecular complexity index is 161. The van der Waals surface area contributed by atoms with E-state index in [0.717, 1.165) is 19.3 Å². The number of fused-ring (bicyclic) bond motifs is 3. The highest BCUT2D eigenvalue weighted by Gasteiger charge is 2.51.